The summed E-state index contributed by atoms with van der Waals surface area (Å²) in [5, 5.41) is 5.98. The van der Waals surface area contributed by atoms with Crippen molar-refractivity contribution in [3.8, 4) is 11.3 Å². The molecule has 7 nitrogen and oxygen atoms in total. The van der Waals surface area contributed by atoms with Gasteiger partial charge in [0.2, 0.25) is 0 Å². The van der Waals surface area contributed by atoms with Crippen LogP contribution in [0.15, 0.2) is 79.4 Å². The molecule has 0 bridgehead atoms. The zero-order chi connectivity index (χ0) is 25.3. The van der Waals surface area contributed by atoms with Gasteiger partial charge in [0.1, 0.15) is 17.8 Å². The number of hydrogen-bond donors (Lipinski definition) is 3. The van der Waals surface area contributed by atoms with E-state index in [0.29, 0.717) is 28.5 Å². The number of pyridine rings is 1. The van der Waals surface area contributed by atoms with Crippen LogP contribution in [0.4, 0.5) is 30.4 Å². The number of benzene rings is 2. The van der Waals surface area contributed by atoms with Gasteiger partial charge in [0.05, 0.1) is 21.8 Å². The van der Waals surface area contributed by atoms with E-state index in [-0.39, 0.29) is 5.56 Å². The van der Waals surface area contributed by atoms with Gasteiger partial charge in [-0.05, 0) is 48.5 Å². The summed E-state index contributed by atoms with van der Waals surface area (Å²) in [7, 11) is 0. The highest BCUT2D eigenvalue weighted by Gasteiger charge is 2.34. The van der Waals surface area contributed by atoms with Crippen LogP contribution in [0.5, 0.6) is 0 Å². The summed E-state index contributed by atoms with van der Waals surface area (Å²) in [5.41, 5.74) is 1.68. The molecule has 0 saturated heterocycles. The molecule has 0 unspecified atom stereocenters. The van der Waals surface area contributed by atoms with E-state index < -0.39 is 22.7 Å². The molecule has 5 rings (SSSR count). The van der Waals surface area contributed by atoms with Gasteiger partial charge in [-0.3, -0.25) is 4.79 Å². The molecule has 0 saturated carbocycles. The Bertz CT molecular complexity index is 1580. The quantitative estimate of drug-likeness (QED) is 0.246. The van der Waals surface area contributed by atoms with Crippen LogP contribution in [0, 0.1) is 0 Å². The van der Waals surface area contributed by atoms with Crippen molar-refractivity contribution in [2.24, 2.45) is 0 Å². The van der Waals surface area contributed by atoms with Crippen molar-refractivity contribution in [3.63, 3.8) is 0 Å². The number of rotatable bonds is 5. The molecule has 3 heterocycles. The fourth-order valence-electron chi connectivity index (χ4n) is 3.72. The van der Waals surface area contributed by atoms with Crippen molar-refractivity contribution in [1.29, 1.82) is 0 Å². The van der Waals surface area contributed by atoms with Crippen molar-refractivity contribution < 1.29 is 18.0 Å². The first kappa shape index (κ1) is 23.3. The lowest BCUT2D eigenvalue weighted by Gasteiger charge is -2.14. The van der Waals surface area contributed by atoms with Gasteiger partial charge >= 0.3 is 6.18 Å². The van der Waals surface area contributed by atoms with Crippen molar-refractivity contribution in [2.45, 2.75) is 6.18 Å². The number of H-pyrrole nitrogens is 1. The van der Waals surface area contributed by atoms with Crippen LogP contribution in [-0.2, 0) is 6.18 Å². The molecule has 0 spiro atoms. The maximum absolute atomic E-state index is 13.2. The van der Waals surface area contributed by atoms with Crippen LogP contribution in [0.25, 0.3) is 22.3 Å². The van der Waals surface area contributed by atoms with Crippen LogP contribution in [0.2, 0.25) is 5.02 Å². The summed E-state index contributed by atoms with van der Waals surface area (Å²) >= 11 is 5.89. The Hall–Kier alpha value is -4.44. The smallest absolute Gasteiger partial charge is 0.346 e. The lowest BCUT2D eigenvalue weighted by molar-refractivity contribution is -0.137. The first-order chi connectivity index (χ1) is 17.3. The SMILES string of the molecule is O=C(Nc1cccc(Nc2ncccc2-c2ncnc3[nH]ccc23)c1)c1cccc(C(F)(F)F)c1Cl. The lowest BCUT2D eigenvalue weighted by Crippen LogP contribution is -2.15. The monoisotopic (exact) mass is 508 g/mol. The van der Waals surface area contributed by atoms with Crippen LogP contribution >= 0.6 is 11.6 Å². The van der Waals surface area contributed by atoms with Gasteiger partial charge in [-0.1, -0.05) is 23.7 Å². The Morgan fingerprint density at radius 2 is 1.75 bits per heavy atom. The van der Waals surface area contributed by atoms with Gasteiger partial charge in [-0.15, -0.1) is 0 Å². The average Bonchev–Trinajstić information content (AvgIpc) is 3.33. The van der Waals surface area contributed by atoms with E-state index in [1.807, 2.05) is 12.1 Å². The zero-order valence-electron chi connectivity index (χ0n) is 18.3. The van der Waals surface area contributed by atoms with Gasteiger partial charge in [0, 0.05) is 34.7 Å². The molecule has 2 aromatic carbocycles. The number of anilines is 3. The molecule has 3 N–H and O–H groups in total. The van der Waals surface area contributed by atoms with Crippen LogP contribution in [-0.4, -0.2) is 25.8 Å². The standard InChI is InChI=1S/C25H16ClF3N6O/c26-20-16(6-2-8-19(20)25(27,28)29)24(36)35-15-5-1-4-14(12-15)34-23-17(7-3-10-30-23)21-18-9-11-31-22(18)33-13-32-21/h1-13H,(H,30,34)(H,35,36)(H,31,32,33). The second kappa shape index (κ2) is 9.31. The number of nitrogens with zero attached hydrogens (tertiary/aromatic N) is 3. The topological polar surface area (TPSA) is 95.6 Å². The van der Waals surface area contributed by atoms with Gasteiger partial charge in [-0.2, -0.15) is 13.2 Å². The Morgan fingerprint density at radius 3 is 2.58 bits per heavy atom. The Labute approximate surface area is 207 Å². The molecule has 0 aliphatic rings. The number of nitrogens with one attached hydrogen (secondary N) is 3. The molecule has 0 fully saturated rings. The molecule has 5 aromatic rings. The number of carbonyl (C=O) groups excluding carboxylic acids is 1. The van der Waals surface area contributed by atoms with Crippen molar-refractivity contribution in [2.75, 3.05) is 10.6 Å². The van der Waals surface area contributed by atoms with E-state index >= 15 is 0 Å². The van der Waals surface area contributed by atoms with Crippen LogP contribution in [0.3, 0.4) is 0 Å². The normalized spacial score (nSPS) is 11.4. The van der Waals surface area contributed by atoms with Crippen LogP contribution < -0.4 is 10.6 Å². The maximum Gasteiger partial charge on any atom is 0.417 e. The summed E-state index contributed by atoms with van der Waals surface area (Å²) in [6, 6.07) is 15.4. The number of fused-ring (bicyclic) bond motifs is 1. The van der Waals surface area contributed by atoms with Gasteiger partial charge < -0.3 is 15.6 Å². The second-order valence-electron chi connectivity index (χ2n) is 7.69. The highest BCUT2D eigenvalue weighted by atomic mass is 35.5. The summed E-state index contributed by atoms with van der Waals surface area (Å²) in [5.74, 6) is -0.249. The minimum absolute atomic E-state index is 0.281. The average molecular weight is 509 g/mol. The number of halogens is 4. The third kappa shape index (κ3) is 4.58. The summed E-state index contributed by atoms with van der Waals surface area (Å²) in [6.45, 7) is 0. The minimum Gasteiger partial charge on any atom is -0.346 e. The molecule has 0 radical (unpaired) electrons. The van der Waals surface area contributed by atoms with Crippen molar-refractivity contribution >= 4 is 45.7 Å². The van der Waals surface area contributed by atoms with E-state index in [9.17, 15) is 18.0 Å². The Kier molecular flexibility index (Phi) is 6.03. The third-order valence-electron chi connectivity index (χ3n) is 5.35. The number of hydrogen-bond acceptors (Lipinski definition) is 5. The highest BCUT2D eigenvalue weighted by molar-refractivity contribution is 6.35. The molecule has 0 aliphatic heterocycles. The zero-order valence-corrected chi connectivity index (χ0v) is 19.0. The fraction of sp³-hybridized carbons (Fsp3) is 0.0400. The molecule has 0 atom stereocenters. The van der Waals surface area contributed by atoms with E-state index in [0.717, 1.165) is 23.1 Å². The van der Waals surface area contributed by atoms with Gasteiger partial charge in [-0.25, -0.2) is 15.0 Å². The van der Waals surface area contributed by atoms with E-state index in [1.54, 1.807) is 42.7 Å². The first-order valence-electron chi connectivity index (χ1n) is 10.6. The number of aromatic nitrogens is 4. The van der Waals surface area contributed by atoms with Gasteiger partial charge in [0.15, 0.2) is 0 Å². The predicted molar refractivity (Wildman–Crippen MR) is 131 cm³/mol. The molecule has 11 heteroatoms. The highest BCUT2D eigenvalue weighted by Crippen LogP contribution is 2.36. The van der Waals surface area contributed by atoms with Gasteiger partial charge in [0.25, 0.3) is 5.91 Å². The maximum atomic E-state index is 13.2. The number of amides is 1. The first-order valence-corrected chi connectivity index (χ1v) is 11.0. The number of carbonyl (C=O) groups is 1. The molecule has 3 aromatic heterocycles. The number of alkyl halides is 3. The summed E-state index contributed by atoms with van der Waals surface area (Å²) in [4.78, 5) is 28.8. The number of aromatic amines is 1. The fourth-order valence-corrected chi connectivity index (χ4v) is 4.04. The van der Waals surface area contributed by atoms with Crippen molar-refractivity contribution in [3.05, 3.63) is 95.5 Å². The molecule has 1 amide bonds. The van der Waals surface area contributed by atoms with Crippen molar-refractivity contribution in [1.82, 2.24) is 19.9 Å². The van der Waals surface area contributed by atoms with E-state index in [1.165, 1.54) is 12.4 Å². The molecular weight excluding hydrogens is 493 g/mol. The molecule has 180 valence electrons. The van der Waals surface area contributed by atoms with Crippen LogP contribution in [0.1, 0.15) is 15.9 Å². The van der Waals surface area contributed by atoms with E-state index in [2.05, 4.69) is 30.6 Å². The van der Waals surface area contributed by atoms with E-state index in [4.69, 9.17) is 11.6 Å². The third-order valence-corrected chi connectivity index (χ3v) is 5.76. The lowest BCUT2D eigenvalue weighted by atomic mass is 10.1. The summed E-state index contributed by atoms with van der Waals surface area (Å²) < 4.78 is 39.5. The Morgan fingerprint density at radius 1 is 0.944 bits per heavy atom. The molecule has 36 heavy (non-hydrogen) atoms. The minimum atomic E-state index is -4.67. The second-order valence-corrected chi connectivity index (χ2v) is 8.06. The molecular formula is C25H16ClF3N6O. The largest absolute Gasteiger partial charge is 0.417 e. The molecule has 0 aliphatic carbocycles. The summed E-state index contributed by atoms with van der Waals surface area (Å²) in [6.07, 6.45) is 0.186. The Balaban J connectivity index is 1.41. The predicted octanol–water partition coefficient (Wildman–Crippen LogP) is 6.69.